The van der Waals surface area contributed by atoms with Gasteiger partial charge >= 0.3 is 0 Å². The molecule has 0 aliphatic carbocycles. The van der Waals surface area contributed by atoms with E-state index in [0.29, 0.717) is 17.9 Å². The van der Waals surface area contributed by atoms with Crippen molar-refractivity contribution in [3.05, 3.63) is 60.1 Å². The molecule has 3 aromatic rings. The van der Waals surface area contributed by atoms with Gasteiger partial charge in [-0.3, -0.25) is 9.89 Å². The van der Waals surface area contributed by atoms with E-state index < -0.39 is 0 Å². The number of aromatic nitrogens is 3. The standard InChI is InChI=1S/C18H17FN4O2/c19-15-5-3-12(4-6-15)16-20-17(22-21-16)13-2-1-8-23(10-13)18(24)14-7-9-25-11-14/h3-7,9,11,13H,1-2,8,10H2,(H,20,21,22). The maximum absolute atomic E-state index is 13.0. The summed E-state index contributed by atoms with van der Waals surface area (Å²) in [5.74, 6) is 1.07. The molecule has 1 N–H and O–H groups in total. The first kappa shape index (κ1) is 15.6. The van der Waals surface area contributed by atoms with Gasteiger partial charge in [-0.25, -0.2) is 9.37 Å². The summed E-state index contributed by atoms with van der Waals surface area (Å²) in [5, 5.41) is 7.21. The van der Waals surface area contributed by atoms with Crippen LogP contribution in [0.1, 0.15) is 34.9 Å². The first-order valence-corrected chi connectivity index (χ1v) is 8.20. The molecule has 3 heterocycles. The fourth-order valence-corrected chi connectivity index (χ4v) is 3.14. The van der Waals surface area contributed by atoms with Crippen molar-refractivity contribution in [2.75, 3.05) is 13.1 Å². The number of H-pyrrole nitrogens is 1. The minimum Gasteiger partial charge on any atom is -0.472 e. The Morgan fingerprint density at radius 2 is 2.12 bits per heavy atom. The largest absolute Gasteiger partial charge is 0.472 e. The van der Waals surface area contributed by atoms with Crippen LogP contribution < -0.4 is 0 Å². The molecular formula is C18H17FN4O2. The molecule has 1 unspecified atom stereocenters. The number of halogens is 1. The number of benzene rings is 1. The van der Waals surface area contributed by atoms with Gasteiger partial charge in [-0.05, 0) is 43.2 Å². The van der Waals surface area contributed by atoms with Gasteiger partial charge in [0.2, 0.25) is 0 Å². The number of rotatable bonds is 3. The lowest BCUT2D eigenvalue weighted by atomic mass is 9.97. The van der Waals surface area contributed by atoms with E-state index in [-0.39, 0.29) is 17.6 Å². The zero-order valence-electron chi connectivity index (χ0n) is 13.5. The molecule has 0 bridgehead atoms. The molecule has 128 valence electrons. The van der Waals surface area contributed by atoms with Crippen molar-refractivity contribution in [2.45, 2.75) is 18.8 Å². The van der Waals surface area contributed by atoms with Gasteiger partial charge in [0.15, 0.2) is 5.82 Å². The third-order valence-electron chi connectivity index (χ3n) is 4.47. The van der Waals surface area contributed by atoms with Crippen molar-refractivity contribution >= 4 is 5.91 Å². The van der Waals surface area contributed by atoms with Crippen molar-refractivity contribution in [2.24, 2.45) is 0 Å². The molecule has 1 aliphatic heterocycles. The molecule has 1 aromatic carbocycles. The van der Waals surface area contributed by atoms with Crippen molar-refractivity contribution in [1.29, 1.82) is 0 Å². The number of carbonyl (C=O) groups is 1. The lowest BCUT2D eigenvalue weighted by molar-refractivity contribution is 0.0704. The number of aromatic amines is 1. The van der Waals surface area contributed by atoms with Gasteiger partial charge < -0.3 is 9.32 Å². The number of amides is 1. The van der Waals surface area contributed by atoms with E-state index in [9.17, 15) is 9.18 Å². The molecule has 25 heavy (non-hydrogen) atoms. The minimum atomic E-state index is -0.291. The zero-order valence-corrected chi connectivity index (χ0v) is 13.5. The van der Waals surface area contributed by atoms with Crippen molar-refractivity contribution in [3.8, 4) is 11.4 Å². The van der Waals surface area contributed by atoms with E-state index in [1.54, 1.807) is 18.2 Å². The van der Waals surface area contributed by atoms with E-state index in [2.05, 4.69) is 15.2 Å². The van der Waals surface area contributed by atoms with Gasteiger partial charge in [-0.15, -0.1) is 0 Å². The molecule has 1 amide bonds. The molecule has 0 radical (unpaired) electrons. The average Bonchev–Trinajstić information content (AvgIpc) is 3.34. The van der Waals surface area contributed by atoms with Gasteiger partial charge in [0.05, 0.1) is 11.8 Å². The summed E-state index contributed by atoms with van der Waals surface area (Å²) in [4.78, 5) is 18.8. The number of likely N-dealkylation sites (tertiary alicyclic amines) is 1. The molecule has 1 fully saturated rings. The highest BCUT2D eigenvalue weighted by Gasteiger charge is 2.28. The van der Waals surface area contributed by atoms with Crippen LogP contribution in [0.5, 0.6) is 0 Å². The van der Waals surface area contributed by atoms with E-state index in [0.717, 1.165) is 30.8 Å². The van der Waals surface area contributed by atoms with Crippen LogP contribution in [-0.2, 0) is 0 Å². The van der Waals surface area contributed by atoms with Crippen molar-refractivity contribution in [3.63, 3.8) is 0 Å². The first-order chi connectivity index (χ1) is 12.2. The molecule has 2 aromatic heterocycles. The summed E-state index contributed by atoms with van der Waals surface area (Å²) in [7, 11) is 0. The number of nitrogens with zero attached hydrogens (tertiary/aromatic N) is 3. The second kappa shape index (κ2) is 6.51. The minimum absolute atomic E-state index is 0.0308. The lowest BCUT2D eigenvalue weighted by Crippen LogP contribution is -2.39. The smallest absolute Gasteiger partial charge is 0.257 e. The zero-order chi connectivity index (χ0) is 17.2. The topological polar surface area (TPSA) is 75.0 Å². The van der Waals surface area contributed by atoms with Crippen LogP contribution in [0.15, 0.2) is 47.3 Å². The number of hydrogen-bond acceptors (Lipinski definition) is 4. The summed E-state index contributed by atoms with van der Waals surface area (Å²) in [5.41, 5.74) is 1.32. The highest BCUT2D eigenvalue weighted by Crippen LogP contribution is 2.27. The monoisotopic (exact) mass is 340 g/mol. The molecule has 0 saturated carbocycles. The quantitative estimate of drug-likeness (QED) is 0.794. The Bertz CT molecular complexity index is 858. The Morgan fingerprint density at radius 3 is 2.88 bits per heavy atom. The lowest BCUT2D eigenvalue weighted by Gasteiger charge is -2.31. The third-order valence-corrected chi connectivity index (χ3v) is 4.47. The SMILES string of the molecule is O=C(c1ccoc1)N1CCCC(c2nc(-c3ccc(F)cc3)n[nH]2)C1. The second-order valence-electron chi connectivity index (χ2n) is 6.15. The van der Waals surface area contributed by atoms with Gasteiger partial charge in [0.25, 0.3) is 5.91 Å². The van der Waals surface area contributed by atoms with Crippen molar-refractivity contribution in [1.82, 2.24) is 20.1 Å². The van der Waals surface area contributed by atoms with Gasteiger partial charge in [-0.1, -0.05) is 0 Å². The van der Waals surface area contributed by atoms with Crippen LogP contribution in [0.3, 0.4) is 0 Å². The molecule has 1 aliphatic rings. The van der Waals surface area contributed by atoms with E-state index in [1.807, 2.05) is 4.90 Å². The Morgan fingerprint density at radius 1 is 1.28 bits per heavy atom. The Kier molecular flexibility index (Phi) is 4.05. The maximum Gasteiger partial charge on any atom is 0.257 e. The molecule has 4 rings (SSSR count). The predicted molar refractivity (Wildman–Crippen MR) is 88.4 cm³/mol. The van der Waals surface area contributed by atoms with Crippen molar-refractivity contribution < 1.29 is 13.6 Å². The van der Waals surface area contributed by atoms with E-state index in [4.69, 9.17) is 4.42 Å². The molecule has 1 saturated heterocycles. The number of piperidine rings is 1. The summed E-state index contributed by atoms with van der Waals surface area (Å²) in [6.07, 6.45) is 4.81. The molecule has 7 heteroatoms. The Hall–Kier alpha value is -2.96. The number of nitrogens with one attached hydrogen (secondary N) is 1. The summed E-state index contributed by atoms with van der Waals surface area (Å²) in [6.45, 7) is 1.31. The van der Waals surface area contributed by atoms with Crippen LogP contribution in [0.4, 0.5) is 4.39 Å². The molecule has 1 atom stereocenters. The molecule has 6 nitrogen and oxygen atoms in total. The predicted octanol–water partition coefficient (Wildman–Crippen LogP) is 3.22. The van der Waals surface area contributed by atoms with Gasteiger partial charge in [-0.2, -0.15) is 5.10 Å². The third kappa shape index (κ3) is 3.17. The van der Waals surface area contributed by atoms with Crippen LogP contribution in [-0.4, -0.2) is 39.1 Å². The van der Waals surface area contributed by atoms with Gasteiger partial charge in [0.1, 0.15) is 17.9 Å². The fourth-order valence-electron chi connectivity index (χ4n) is 3.14. The molecular weight excluding hydrogens is 323 g/mol. The first-order valence-electron chi connectivity index (χ1n) is 8.20. The number of furan rings is 1. The molecule has 0 spiro atoms. The summed E-state index contributed by atoms with van der Waals surface area (Å²) in [6, 6.07) is 7.75. The normalized spacial score (nSPS) is 17.6. The highest BCUT2D eigenvalue weighted by molar-refractivity contribution is 5.93. The van der Waals surface area contributed by atoms with Gasteiger partial charge in [0, 0.05) is 24.6 Å². The number of carbonyl (C=O) groups excluding carboxylic acids is 1. The summed E-state index contributed by atoms with van der Waals surface area (Å²) >= 11 is 0. The van der Waals surface area contributed by atoms with Crippen LogP contribution >= 0.6 is 0 Å². The van der Waals surface area contributed by atoms with E-state index in [1.165, 1.54) is 24.7 Å². The fraction of sp³-hybridized carbons (Fsp3) is 0.278. The van der Waals surface area contributed by atoms with Crippen LogP contribution in [0.25, 0.3) is 11.4 Å². The average molecular weight is 340 g/mol. The van der Waals surface area contributed by atoms with E-state index >= 15 is 0 Å². The highest BCUT2D eigenvalue weighted by atomic mass is 19.1. The maximum atomic E-state index is 13.0. The Labute approximate surface area is 143 Å². The summed E-state index contributed by atoms with van der Waals surface area (Å²) < 4.78 is 18.0. The van der Waals surface area contributed by atoms with Crippen LogP contribution in [0.2, 0.25) is 0 Å². The second-order valence-corrected chi connectivity index (χ2v) is 6.15. The Balaban J connectivity index is 1.50. The number of hydrogen-bond donors (Lipinski definition) is 1. The van der Waals surface area contributed by atoms with Crippen LogP contribution in [0, 0.1) is 5.82 Å².